The van der Waals surface area contributed by atoms with E-state index in [4.69, 9.17) is 0 Å². The molecule has 1 heterocycles. The highest BCUT2D eigenvalue weighted by molar-refractivity contribution is 5.95. The lowest BCUT2D eigenvalue weighted by molar-refractivity contribution is 0.0943. The Morgan fingerprint density at radius 3 is 2.48 bits per heavy atom. The van der Waals surface area contributed by atoms with Crippen LogP contribution in [0.2, 0.25) is 0 Å². The third-order valence-electron chi connectivity index (χ3n) is 3.50. The molecule has 1 aromatic heterocycles. The number of aromatic nitrogens is 1. The highest BCUT2D eigenvalue weighted by Gasteiger charge is 2.13. The molecule has 0 fully saturated rings. The van der Waals surface area contributed by atoms with Crippen molar-refractivity contribution in [3.05, 3.63) is 23.4 Å². The normalized spacial score (nSPS) is 12.6. The Bertz CT molecular complexity index is 471. The number of nitrogens with one attached hydrogen (secondary N) is 2. The summed E-state index contributed by atoms with van der Waals surface area (Å²) in [6.07, 6.45) is 0. The molecule has 0 aliphatic rings. The summed E-state index contributed by atoms with van der Waals surface area (Å²) in [4.78, 5) is 18.9. The van der Waals surface area contributed by atoms with Crippen molar-refractivity contribution in [2.24, 2.45) is 0 Å². The number of carbonyl (C=O) groups excluding carboxylic acids is 1. The summed E-state index contributed by atoms with van der Waals surface area (Å²) in [7, 11) is 4.01. The van der Waals surface area contributed by atoms with Crippen molar-refractivity contribution >= 4 is 11.7 Å². The predicted molar refractivity (Wildman–Crippen MR) is 88.0 cm³/mol. The third-order valence-corrected chi connectivity index (χ3v) is 3.50. The van der Waals surface area contributed by atoms with Gasteiger partial charge in [0, 0.05) is 30.4 Å². The highest BCUT2D eigenvalue weighted by Crippen LogP contribution is 2.17. The standard InChI is InChI=1S/C16H28N4O/c1-7-17-15-9-13(8-14(19-15)11(2)3)16(21)18-10-12(4)20(5)6/h8-9,11-12H,7,10H2,1-6H3,(H,17,19)(H,18,21). The van der Waals surface area contributed by atoms with Gasteiger partial charge in [-0.25, -0.2) is 4.98 Å². The molecule has 0 radical (unpaired) electrons. The zero-order valence-corrected chi connectivity index (χ0v) is 14.0. The van der Waals surface area contributed by atoms with Gasteiger partial charge in [0.05, 0.1) is 0 Å². The molecule has 21 heavy (non-hydrogen) atoms. The first-order chi connectivity index (χ1) is 9.85. The van der Waals surface area contributed by atoms with E-state index in [9.17, 15) is 4.79 Å². The molecular weight excluding hydrogens is 264 g/mol. The maximum absolute atomic E-state index is 12.3. The van der Waals surface area contributed by atoms with Gasteiger partial charge >= 0.3 is 0 Å². The Kier molecular flexibility index (Phi) is 6.62. The van der Waals surface area contributed by atoms with E-state index in [0.29, 0.717) is 18.2 Å². The van der Waals surface area contributed by atoms with Gasteiger partial charge in [0.25, 0.3) is 5.91 Å². The smallest absolute Gasteiger partial charge is 0.251 e. The molecule has 5 nitrogen and oxygen atoms in total. The molecule has 5 heteroatoms. The van der Waals surface area contributed by atoms with Crippen LogP contribution >= 0.6 is 0 Å². The maximum atomic E-state index is 12.3. The fourth-order valence-corrected chi connectivity index (χ4v) is 1.78. The van der Waals surface area contributed by atoms with Crippen LogP contribution in [0.15, 0.2) is 12.1 Å². The summed E-state index contributed by atoms with van der Waals surface area (Å²) >= 11 is 0. The second kappa shape index (κ2) is 7.98. The Labute approximate surface area is 128 Å². The number of nitrogens with zero attached hydrogens (tertiary/aromatic N) is 2. The van der Waals surface area contributed by atoms with Gasteiger partial charge in [0.15, 0.2) is 0 Å². The van der Waals surface area contributed by atoms with Gasteiger partial charge in [0.1, 0.15) is 5.82 Å². The lowest BCUT2D eigenvalue weighted by atomic mass is 10.1. The SMILES string of the molecule is CCNc1cc(C(=O)NCC(C)N(C)C)cc(C(C)C)n1. The summed E-state index contributed by atoms with van der Waals surface area (Å²) in [5.74, 6) is 0.998. The summed E-state index contributed by atoms with van der Waals surface area (Å²) in [5.41, 5.74) is 1.59. The van der Waals surface area contributed by atoms with Gasteiger partial charge in [0.2, 0.25) is 0 Å². The largest absolute Gasteiger partial charge is 0.370 e. The number of rotatable bonds is 7. The van der Waals surface area contributed by atoms with E-state index in [1.807, 2.05) is 33.2 Å². The first kappa shape index (κ1) is 17.4. The second-order valence-corrected chi connectivity index (χ2v) is 5.87. The molecular formula is C16H28N4O. The van der Waals surface area contributed by atoms with E-state index in [1.165, 1.54) is 0 Å². The minimum Gasteiger partial charge on any atom is -0.370 e. The predicted octanol–water partition coefficient (Wildman–Crippen LogP) is 2.32. The Balaban J connectivity index is 2.87. The van der Waals surface area contributed by atoms with E-state index < -0.39 is 0 Å². The number of amides is 1. The van der Waals surface area contributed by atoms with E-state index in [2.05, 4.69) is 41.3 Å². The fraction of sp³-hybridized carbons (Fsp3) is 0.625. The Morgan fingerprint density at radius 1 is 1.29 bits per heavy atom. The van der Waals surface area contributed by atoms with Crippen molar-refractivity contribution < 1.29 is 4.79 Å². The molecule has 1 amide bonds. The molecule has 0 bridgehead atoms. The summed E-state index contributed by atoms with van der Waals surface area (Å²) in [6.45, 7) is 9.66. The van der Waals surface area contributed by atoms with E-state index in [-0.39, 0.29) is 11.8 Å². The lowest BCUT2D eigenvalue weighted by Crippen LogP contribution is -2.38. The van der Waals surface area contributed by atoms with Crippen LogP contribution in [0.25, 0.3) is 0 Å². The monoisotopic (exact) mass is 292 g/mol. The lowest BCUT2D eigenvalue weighted by Gasteiger charge is -2.20. The Hall–Kier alpha value is -1.62. The van der Waals surface area contributed by atoms with Crippen molar-refractivity contribution in [2.45, 2.75) is 39.7 Å². The molecule has 1 unspecified atom stereocenters. The van der Waals surface area contributed by atoms with Gasteiger partial charge in [-0.3, -0.25) is 4.79 Å². The van der Waals surface area contributed by atoms with Crippen molar-refractivity contribution in [1.29, 1.82) is 0 Å². The van der Waals surface area contributed by atoms with Crippen LogP contribution in [-0.4, -0.2) is 49.0 Å². The average molecular weight is 292 g/mol. The maximum Gasteiger partial charge on any atom is 0.251 e. The van der Waals surface area contributed by atoms with E-state index >= 15 is 0 Å². The molecule has 1 aromatic rings. The number of hydrogen-bond donors (Lipinski definition) is 2. The minimum atomic E-state index is -0.0489. The van der Waals surface area contributed by atoms with E-state index in [1.54, 1.807) is 0 Å². The quantitative estimate of drug-likeness (QED) is 0.810. The molecule has 2 N–H and O–H groups in total. The van der Waals surface area contributed by atoms with Gasteiger partial charge in [-0.1, -0.05) is 13.8 Å². The van der Waals surface area contributed by atoms with Crippen molar-refractivity contribution in [3.8, 4) is 0 Å². The number of likely N-dealkylation sites (N-methyl/N-ethyl adjacent to an activating group) is 1. The van der Waals surface area contributed by atoms with Gasteiger partial charge in [-0.2, -0.15) is 0 Å². The molecule has 0 spiro atoms. The van der Waals surface area contributed by atoms with Crippen LogP contribution in [0.1, 0.15) is 49.7 Å². The summed E-state index contributed by atoms with van der Waals surface area (Å²) < 4.78 is 0. The van der Waals surface area contributed by atoms with Crippen LogP contribution in [0.5, 0.6) is 0 Å². The molecule has 118 valence electrons. The van der Waals surface area contributed by atoms with Crippen LogP contribution in [-0.2, 0) is 0 Å². The topological polar surface area (TPSA) is 57.3 Å². The molecule has 0 saturated carbocycles. The number of carbonyl (C=O) groups is 1. The second-order valence-electron chi connectivity index (χ2n) is 5.87. The van der Waals surface area contributed by atoms with Gasteiger partial charge < -0.3 is 15.5 Å². The van der Waals surface area contributed by atoms with Crippen LogP contribution in [0.4, 0.5) is 5.82 Å². The van der Waals surface area contributed by atoms with E-state index in [0.717, 1.165) is 18.1 Å². The average Bonchev–Trinajstić information content (AvgIpc) is 2.44. The van der Waals surface area contributed by atoms with Crippen LogP contribution in [0.3, 0.4) is 0 Å². The zero-order valence-electron chi connectivity index (χ0n) is 14.0. The van der Waals surface area contributed by atoms with Crippen molar-refractivity contribution in [3.63, 3.8) is 0 Å². The van der Waals surface area contributed by atoms with Crippen LogP contribution < -0.4 is 10.6 Å². The van der Waals surface area contributed by atoms with Gasteiger partial charge in [-0.15, -0.1) is 0 Å². The number of pyridine rings is 1. The Morgan fingerprint density at radius 2 is 1.95 bits per heavy atom. The molecule has 0 aliphatic carbocycles. The van der Waals surface area contributed by atoms with Crippen LogP contribution in [0, 0.1) is 0 Å². The van der Waals surface area contributed by atoms with Crippen molar-refractivity contribution in [1.82, 2.24) is 15.2 Å². The highest BCUT2D eigenvalue weighted by atomic mass is 16.1. The summed E-state index contributed by atoms with van der Waals surface area (Å²) in [6, 6.07) is 3.99. The molecule has 0 aliphatic heterocycles. The first-order valence-electron chi connectivity index (χ1n) is 7.55. The number of anilines is 1. The first-order valence-corrected chi connectivity index (χ1v) is 7.55. The molecule has 0 saturated heterocycles. The van der Waals surface area contributed by atoms with Crippen molar-refractivity contribution in [2.75, 3.05) is 32.5 Å². The molecule has 1 atom stereocenters. The minimum absolute atomic E-state index is 0.0489. The zero-order chi connectivity index (χ0) is 16.0. The summed E-state index contributed by atoms with van der Waals surface area (Å²) in [5, 5.41) is 6.16. The fourth-order valence-electron chi connectivity index (χ4n) is 1.78. The molecule has 0 aromatic carbocycles. The number of hydrogen-bond acceptors (Lipinski definition) is 4. The van der Waals surface area contributed by atoms with Gasteiger partial charge in [-0.05, 0) is 46.0 Å². The molecule has 1 rings (SSSR count). The third kappa shape index (κ3) is 5.34.